The lowest BCUT2D eigenvalue weighted by Gasteiger charge is -2.33. The highest BCUT2D eigenvalue weighted by Gasteiger charge is 2.29. The fraction of sp³-hybridized carbons (Fsp3) is 0.647. The molecule has 2 heterocycles. The van der Waals surface area contributed by atoms with Crippen LogP contribution in [0.2, 0.25) is 0 Å². The lowest BCUT2D eigenvalue weighted by Crippen LogP contribution is -2.50. The first-order chi connectivity index (χ1) is 10.9. The summed E-state index contributed by atoms with van der Waals surface area (Å²) in [6.07, 6.45) is 1.65. The zero-order valence-corrected chi connectivity index (χ0v) is 14.4. The molecule has 2 atom stereocenters. The molecule has 1 fully saturated rings. The average Bonchev–Trinajstić information content (AvgIpc) is 2.93. The first kappa shape index (κ1) is 17.4. The molecule has 1 aliphatic rings. The Morgan fingerprint density at radius 1 is 1.26 bits per heavy atom. The van der Waals surface area contributed by atoms with Crippen molar-refractivity contribution in [3.63, 3.8) is 0 Å². The Morgan fingerprint density at radius 2 is 2.00 bits per heavy atom. The predicted octanol–water partition coefficient (Wildman–Crippen LogP) is 2.60. The summed E-state index contributed by atoms with van der Waals surface area (Å²) in [6, 6.07) is 3.60. The minimum absolute atomic E-state index is 0.0198. The Morgan fingerprint density at radius 3 is 2.61 bits per heavy atom. The molecule has 0 aromatic carbocycles. The second kappa shape index (κ2) is 7.53. The molecule has 1 aliphatic heterocycles. The summed E-state index contributed by atoms with van der Waals surface area (Å²) in [5, 5.41) is 5.87. The molecule has 128 valence electrons. The van der Waals surface area contributed by atoms with Crippen LogP contribution in [-0.4, -0.2) is 36.0 Å². The molecule has 6 nitrogen and oxygen atoms in total. The molecule has 0 radical (unpaired) electrons. The SMILES string of the molecule is Cc1ccc([C@H](C)NC(=O)[C@H]2CCCN(C(=O)NC(C)C)C2)o1. The molecule has 0 saturated carbocycles. The Kier molecular flexibility index (Phi) is 5.69. The summed E-state index contributed by atoms with van der Waals surface area (Å²) >= 11 is 0. The van der Waals surface area contributed by atoms with Crippen molar-refractivity contribution in [2.24, 2.45) is 5.92 Å². The number of nitrogens with one attached hydrogen (secondary N) is 2. The first-order valence-electron chi connectivity index (χ1n) is 8.29. The monoisotopic (exact) mass is 321 g/mol. The summed E-state index contributed by atoms with van der Waals surface area (Å²) in [6.45, 7) is 8.81. The molecule has 6 heteroatoms. The van der Waals surface area contributed by atoms with Crippen molar-refractivity contribution in [1.82, 2.24) is 15.5 Å². The normalized spacial score (nSPS) is 19.5. The fourth-order valence-corrected chi connectivity index (χ4v) is 2.80. The van der Waals surface area contributed by atoms with E-state index in [0.717, 1.165) is 24.4 Å². The Balaban J connectivity index is 1.90. The van der Waals surface area contributed by atoms with Gasteiger partial charge in [-0.3, -0.25) is 4.79 Å². The maximum absolute atomic E-state index is 12.5. The number of piperidine rings is 1. The summed E-state index contributed by atoms with van der Waals surface area (Å²) in [7, 11) is 0. The first-order valence-corrected chi connectivity index (χ1v) is 8.29. The van der Waals surface area contributed by atoms with Crippen LogP contribution < -0.4 is 10.6 Å². The third-order valence-corrected chi connectivity index (χ3v) is 4.04. The van der Waals surface area contributed by atoms with Crippen LogP contribution in [0.25, 0.3) is 0 Å². The van der Waals surface area contributed by atoms with E-state index < -0.39 is 0 Å². The smallest absolute Gasteiger partial charge is 0.317 e. The molecule has 2 rings (SSSR count). The third-order valence-electron chi connectivity index (χ3n) is 4.04. The van der Waals surface area contributed by atoms with Crippen LogP contribution in [0.3, 0.4) is 0 Å². The van der Waals surface area contributed by atoms with Crippen molar-refractivity contribution in [1.29, 1.82) is 0 Å². The van der Waals surface area contributed by atoms with E-state index in [1.54, 1.807) is 4.90 Å². The standard InChI is InChI=1S/C17H27N3O3/c1-11(2)18-17(22)20-9-5-6-14(10-20)16(21)19-13(4)15-8-7-12(3)23-15/h7-8,11,13-14H,5-6,9-10H2,1-4H3,(H,18,22)(H,19,21)/t13-,14-/m0/s1. The van der Waals surface area contributed by atoms with E-state index in [1.807, 2.05) is 39.8 Å². The lowest BCUT2D eigenvalue weighted by atomic mass is 9.97. The van der Waals surface area contributed by atoms with Gasteiger partial charge in [-0.2, -0.15) is 0 Å². The Hall–Kier alpha value is -1.98. The van der Waals surface area contributed by atoms with E-state index in [-0.39, 0.29) is 29.9 Å². The van der Waals surface area contributed by atoms with Crippen molar-refractivity contribution in [3.05, 3.63) is 23.7 Å². The van der Waals surface area contributed by atoms with Crippen LogP contribution in [0.4, 0.5) is 4.79 Å². The highest BCUT2D eigenvalue weighted by Crippen LogP contribution is 2.20. The van der Waals surface area contributed by atoms with Gasteiger partial charge in [0.15, 0.2) is 0 Å². The number of rotatable bonds is 4. The van der Waals surface area contributed by atoms with Gasteiger partial charge < -0.3 is 20.0 Å². The van der Waals surface area contributed by atoms with Crippen molar-refractivity contribution >= 4 is 11.9 Å². The van der Waals surface area contributed by atoms with Gasteiger partial charge in [-0.25, -0.2) is 4.79 Å². The predicted molar refractivity (Wildman–Crippen MR) is 88.0 cm³/mol. The minimum atomic E-state index is -0.170. The number of aryl methyl sites for hydroxylation is 1. The number of furan rings is 1. The van der Waals surface area contributed by atoms with Crippen LogP contribution in [0.5, 0.6) is 0 Å². The molecule has 1 saturated heterocycles. The topological polar surface area (TPSA) is 74.6 Å². The number of likely N-dealkylation sites (tertiary alicyclic amines) is 1. The number of amides is 3. The van der Waals surface area contributed by atoms with E-state index in [2.05, 4.69) is 10.6 Å². The fourth-order valence-electron chi connectivity index (χ4n) is 2.80. The molecular formula is C17H27N3O3. The molecule has 0 bridgehead atoms. The maximum Gasteiger partial charge on any atom is 0.317 e. The third kappa shape index (κ3) is 4.74. The quantitative estimate of drug-likeness (QED) is 0.895. The molecule has 0 spiro atoms. The van der Waals surface area contributed by atoms with E-state index >= 15 is 0 Å². The summed E-state index contributed by atoms with van der Waals surface area (Å²) in [5.74, 6) is 1.39. The van der Waals surface area contributed by atoms with Gasteiger partial charge in [-0.05, 0) is 52.7 Å². The van der Waals surface area contributed by atoms with E-state index in [1.165, 1.54) is 0 Å². The number of urea groups is 1. The van der Waals surface area contributed by atoms with Gasteiger partial charge in [0.1, 0.15) is 11.5 Å². The van der Waals surface area contributed by atoms with Crippen LogP contribution in [0.1, 0.15) is 51.2 Å². The largest absolute Gasteiger partial charge is 0.464 e. The van der Waals surface area contributed by atoms with Crippen molar-refractivity contribution in [2.45, 2.75) is 52.6 Å². The van der Waals surface area contributed by atoms with Crippen LogP contribution in [-0.2, 0) is 4.79 Å². The van der Waals surface area contributed by atoms with Gasteiger partial charge >= 0.3 is 6.03 Å². The molecule has 1 aromatic heterocycles. The number of hydrogen-bond donors (Lipinski definition) is 2. The van der Waals surface area contributed by atoms with Gasteiger partial charge in [0, 0.05) is 19.1 Å². The number of hydrogen-bond acceptors (Lipinski definition) is 3. The molecule has 0 aliphatic carbocycles. The highest BCUT2D eigenvalue weighted by atomic mass is 16.3. The molecule has 2 N–H and O–H groups in total. The van der Waals surface area contributed by atoms with Crippen molar-refractivity contribution in [2.75, 3.05) is 13.1 Å². The van der Waals surface area contributed by atoms with Gasteiger partial charge in [0.25, 0.3) is 0 Å². The van der Waals surface area contributed by atoms with Gasteiger partial charge in [0.2, 0.25) is 5.91 Å². The highest BCUT2D eigenvalue weighted by molar-refractivity contribution is 5.81. The summed E-state index contributed by atoms with van der Waals surface area (Å²) in [5.41, 5.74) is 0. The zero-order valence-electron chi connectivity index (χ0n) is 14.4. The molecule has 0 unspecified atom stereocenters. The summed E-state index contributed by atoms with van der Waals surface area (Å²) < 4.78 is 5.55. The van der Waals surface area contributed by atoms with Crippen LogP contribution in [0, 0.1) is 12.8 Å². The van der Waals surface area contributed by atoms with E-state index in [9.17, 15) is 9.59 Å². The molecule has 3 amide bonds. The van der Waals surface area contributed by atoms with Gasteiger partial charge in [-0.1, -0.05) is 0 Å². The maximum atomic E-state index is 12.5. The van der Waals surface area contributed by atoms with E-state index in [0.29, 0.717) is 13.1 Å². The lowest BCUT2D eigenvalue weighted by molar-refractivity contribution is -0.127. The average molecular weight is 321 g/mol. The van der Waals surface area contributed by atoms with Gasteiger partial charge in [-0.15, -0.1) is 0 Å². The van der Waals surface area contributed by atoms with Crippen molar-refractivity contribution in [3.8, 4) is 0 Å². The second-order valence-electron chi connectivity index (χ2n) is 6.57. The van der Waals surface area contributed by atoms with Crippen LogP contribution in [0.15, 0.2) is 16.5 Å². The number of nitrogens with zero attached hydrogens (tertiary/aromatic N) is 1. The Bertz CT molecular complexity index is 553. The van der Waals surface area contributed by atoms with Crippen LogP contribution >= 0.6 is 0 Å². The number of carbonyl (C=O) groups excluding carboxylic acids is 2. The van der Waals surface area contributed by atoms with Crippen molar-refractivity contribution < 1.29 is 14.0 Å². The second-order valence-corrected chi connectivity index (χ2v) is 6.57. The minimum Gasteiger partial charge on any atom is -0.464 e. The van der Waals surface area contributed by atoms with E-state index in [4.69, 9.17) is 4.42 Å². The van der Waals surface area contributed by atoms with Gasteiger partial charge in [0.05, 0.1) is 12.0 Å². The molecule has 23 heavy (non-hydrogen) atoms. The summed E-state index contributed by atoms with van der Waals surface area (Å²) in [4.78, 5) is 26.3. The zero-order chi connectivity index (χ0) is 17.0. The molecule has 1 aromatic rings. The Labute approximate surface area is 137 Å². The number of carbonyl (C=O) groups is 2. The molecular weight excluding hydrogens is 294 g/mol.